The predicted molar refractivity (Wildman–Crippen MR) is 116 cm³/mol. The first-order valence-corrected chi connectivity index (χ1v) is 24.3. The maximum absolute atomic E-state index is 11.2. The van der Waals surface area contributed by atoms with Gasteiger partial charge in [0.25, 0.3) is 0 Å². The maximum Gasteiger partial charge on any atom is 0.216 e. The van der Waals surface area contributed by atoms with E-state index in [-0.39, 0.29) is 0 Å². The Hall–Kier alpha value is -0.0636. The fourth-order valence-corrected chi connectivity index (χ4v) is 11.5. The summed E-state index contributed by atoms with van der Waals surface area (Å²) in [6.07, 6.45) is 7.27. The summed E-state index contributed by atoms with van der Waals surface area (Å²) in [5, 5.41) is 1.86. The van der Waals surface area contributed by atoms with Crippen molar-refractivity contribution in [1.82, 2.24) is 0 Å². The van der Waals surface area contributed by atoms with Crippen molar-refractivity contribution in [3.63, 3.8) is 0 Å². The third-order valence-electron chi connectivity index (χ3n) is 5.14. The van der Waals surface area contributed by atoms with E-state index in [9.17, 15) is 33.8 Å². The van der Waals surface area contributed by atoms with Gasteiger partial charge in [0.15, 0.2) is 10.5 Å². The zero-order valence-corrected chi connectivity index (χ0v) is 24.3. The molecule has 0 spiro atoms. The van der Waals surface area contributed by atoms with Crippen molar-refractivity contribution in [3.05, 3.63) is 48.5 Å². The Morgan fingerprint density at radius 3 is 0.914 bits per heavy atom. The summed E-state index contributed by atoms with van der Waals surface area (Å²) in [6.45, 7) is 0. The van der Waals surface area contributed by atoms with Crippen molar-refractivity contribution in [3.8, 4) is 0 Å². The topological polar surface area (TPSA) is 0 Å². The van der Waals surface area contributed by atoms with Crippen LogP contribution in [0.15, 0.2) is 68.1 Å². The molecule has 2 aromatic carbocycles. The molecule has 0 aromatic heterocycles. The summed E-state index contributed by atoms with van der Waals surface area (Å²) in [5.41, 5.74) is 0. The van der Waals surface area contributed by atoms with Crippen LogP contribution in [0.4, 0.5) is 33.8 Å². The second-order valence-corrected chi connectivity index (χ2v) is 23.5. The van der Waals surface area contributed by atoms with E-state index in [2.05, 4.69) is 48.5 Å². The SMILES string of the molecule is [F][Sb-]([F])([F])([F])([F])[F].[F][Sb-]([F])([F])([F])([F])[F].c1ccc2c(c1)[S+]1c3ccccc3[S+]2C2CCCCCC21. The van der Waals surface area contributed by atoms with Crippen LogP contribution in [0.25, 0.3) is 0 Å². The van der Waals surface area contributed by atoms with E-state index in [0.717, 1.165) is 10.5 Å². The van der Waals surface area contributed by atoms with Crippen molar-refractivity contribution >= 4 is 60.7 Å². The van der Waals surface area contributed by atoms with Crippen molar-refractivity contribution in [2.75, 3.05) is 0 Å². The first-order chi connectivity index (χ1) is 15.3. The van der Waals surface area contributed by atoms with E-state index in [1.165, 1.54) is 32.1 Å². The monoisotopic (exact) mass is 782 g/mol. The Labute approximate surface area is 203 Å². The molecular formula is C19H20F12S2Sb2. The molecule has 6 rings (SSSR count). The number of rotatable bonds is 0. The van der Waals surface area contributed by atoms with Gasteiger partial charge < -0.3 is 0 Å². The van der Waals surface area contributed by atoms with E-state index in [1.54, 1.807) is 19.6 Å². The van der Waals surface area contributed by atoms with Crippen LogP contribution >= 0.6 is 0 Å². The van der Waals surface area contributed by atoms with Crippen molar-refractivity contribution in [2.45, 2.75) is 62.2 Å². The average Bonchev–Trinajstić information content (AvgIpc) is 2.89. The molecule has 0 nitrogen and oxygen atoms in total. The average molecular weight is 784 g/mol. The van der Waals surface area contributed by atoms with Gasteiger partial charge in [0, 0.05) is 12.8 Å². The zero-order valence-electron chi connectivity index (χ0n) is 17.6. The van der Waals surface area contributed by atoms with Gasteiger partial charge in [0.05, 0.1) is 21.8 Å². The van der Waals surface area contributed by atoms with Gasteiger partial charge in [-0.3, -0.25) is 0 Å². The fraction of sp³-hybridized carbons (Fsp3) is 0.368. The quantitative estimate of drug-likeness (QED) is 0.142. The van der Waals surface area contributed by atoms with Gasteiger partial charge in [-0.15, -0.1) is 0 Å². The van der Waals surface area contributed by atoms with Crippen LogP contribution in [0.1, 0.15) is 32.1 Å². The third-order valence-corrected chi connectivity index (χ3v) is 11.2. The van der Waals surface area contributed by atoms with E-state index in [4.69, 9.17) is 0 Å². The predicted octanol–water partition coefficient (Wildman–Crippen LogP) is 9.07. The Bertz CT molecular complexity index is 943. The Morgan fingerprint density at radius 1 is 0.457 bits per heavy atom. The Morgan fingerprint density at radius 2 is 0.686 bits per heavy atom. The van der Waals surface area contributed by atoms with Gasteiger partial charge in [-0.05, 0) is 37.1 Å². The van der Waals surface area contributed by atoms with Gasteiger partial charge in [0.1, 0.15) is 0 Å². The maximum atomic E-state index is 9.93. The molecule has 1 saturated carbocycles. The van der Waals surface area contributed by atoms with Crippen LogP contribution < -0.4 is 0 Å². The summed E-state index contributed by atoms with van der Waals surface area (Å²) >= 11 is -22.5. The standard InChI is InChI=1S/C19H20S2.12FH.2Sb/c1-2-8-14-15(9-3-1)21-18-12-6-4-10-16(18)20(14)17-11-5-7-13-19(17)21;;;;;;;;;;;;;;/h4-7,10-15H,1-3,8-9H2;12*1H;;/q+2;;;;;;;;;;;;;2*+5/p-12. The van der Waals surface area contributed by atoms with E-state index < -0.39 is 39.0 Å². The van der Waals surface area contributed by atoms with Crippen molar-refractivity contribution < 1.29 is 33.8 Å². The molecule has 0 saturated heterocycles. The van der Waals surface area contributed by atoms with Crippen LogP contribution in [0.5, 0.6) is 0 Å². The Kier molecular flexibility index (Phi) is 6.92. The van der Waals surface area contributed by atoms with Gasteiger partial charge in [-0.1, -0.05) is 30.7 Å². The van der Waals surface area contributed by atoms with Crippen LogP contribution in [-0.2, 0) is 21.8 Å². The summed E-state index contributed by atoms with van der Waals surface area (Å²) in [5.74, 6) is 0. The minimum Gasteiger partial charge on any atom is -0.0569 e. The molecule has 3 aliphatic heterocycles. The second kappa shape index (κ2) is 8.22. The van der Waals surface area contributed by atoms with E-state index >= 15 is 0 Å². The van der Waals surface area contributed by atoms with Crippen LogP contribution in [-0.4, -0.2) is 49.5 Å². The summed E-state index contributed by atoms with van der Waals surface area (Å²) < 4.78 is 119. The third kappa shape index (κ3) is 10.3. The smallest absolute Gasteiger partial charge is 0.0569 e. The van der Waals surface area contributed by atoms with Crippen LogP contribution in [0.3, 0.4) is 0 Å². The van der Waals surface area contributed by atoms with Crippen LogP contribution in [0, 0.1) is 0 Å². The summed E-state index contributed by atoms with van der Waals surface area (Å²) in [6, 6.07) is 18.7. The van der Waals surface area contributed by atoms with Gasteiger partial charge in [0.2, 0.25) is 19.6 Å². The minimum atomic E-state index is -11.2. The molecule has 1 fully saturated rings. The zero-order chi connectivity index (χ0) is 26.6. The van der Waals surface area contributed by atoms with E-state index in [0.29, 0.717) is 21.8 Å². The largest absolute Gasteiger partial charge is 0.216 e. The van der Waals surface area contributed by atoms with Gasteiger partial charge in [-0.2, -0.15) is 0 Å². The molecule has 202 valence electrons. The van der Waals surface area contributed by atoms with Gasteiger partial charge >= 0.3 is 72.7 Å². The molecule has 1 aliphatic carbocycles. The minimum absolute atomic E-state index is 0.344. The van der Waals surface area contributed by atoms with Gasteiger partial charge in [-0.25, -0.2) is 0 Å². The molecule has 3 heterocycles. The molecule has 2 atom stereocenters. The molecule has 2 bridgehead atoms. The second-order valence-electron chi connectivity index (χ2n) is 8.20. The number of halogens is 12. The molecule has 0 radical (unpaired) electrons. The van der Waals surface area contributed by atoms with E-state index in [1.807, 2.05) is 0 Å². The molecule has 0 N–H and O–H groups in total. The fourth-order valence-electron chi connectivity index (χ4n) is 4.30. The van der Waals surface area contributed by atoms with Crippen LogP contribution in [0.2, 0.25) is 0 Å². The first-order valence-electron chi connectivity index (χ1n) is 10.1. The molecular weight excluding hydrogens is 764 g/mol. The molecule has 16 heteroatoms. The summed E-state index contributed by atoms with van der Waals surface area (Å²) in [7, 11) is 0.688. The first kappa shape index (κ1) is 29.5. The summed E-state index contributed by atoms with van der Waals surface area (Å²) in [4.78, 5) is 6.73. The number of hydrogen-bond donors (Lipinski definition) is 0. The number of hydrogen-bond acceptors (Lipinski definition) is 0. The molecule has 0 amide bonds. The molecule has 2 aromatic rings. The molecule has 2 unspecified atom stereocenters. The molecule has 35 heavy (non-hydrogen) atoms. The van der Waals surface area contributed by atoms with Crippen molar-refractivity contribution in [2.24, 2.45) is 0 Å². The molecule has 4 aliphatic rings. The normalized spacial score (nSPS) is 28.9. The number of benzene rings is 2. The van der Waals surface area contributed by atoms with Crippen molar-refractivity contribution in [1.29, 1.82) is 0 Å². The Balaban J connectivity index is 0.000000205.